The van der Waals surface area contributed by atoms with Gasteiger partial charge < -0.3 is 15.4 Å². The van der Waals surface area contributed by atoms with Crippen LogP contribution in [0.4, 0.5) is 4.39 Å². The first-order valence-electron chi connectivity index (χ1n) is 9.55. The smallest absolute Gasteiger partial charge is 0.350 e. The van der Waals surface area contributed by atoms with Gasteiger partial charge in [-0.2, -0.15) is 0 Å². The van der Waals surface area contributed by atoms with Crippen LogP contribution >= 0.6 is 35.3 Å². The van der Waals surface area contributed by atoms with Crippen molar-refractivity contribution in [2.24, 2.45) is 4.99 Å². The molecule has 0 saturated carbocycles. The number of nitrogens with zero attached hydrogens (tertiary/aromatic N) is 2. The van der Waals surface area contributed by atoms with Crippen molar-refractivity contribution in [1.29, 1.82) is 0 Å². The molecule has 1 aromatic heterocycles. The summed E-state index contributed by atoms with van der Waals surface area (Å²) in [6.45, 7) is 10.5. The summed E-state index contributed by atoms with van der Waals surface area (Å²) in [4.78, 5) is 21.3. The lowest BCUT2D eigenvalue weighted by Gasteiger charge is -2.27. The highest BCUT2D eigenvalue weighted by Crippen LogP contribution is 2.25. The molecule has 1 atom stereocenters. The van der Waals surface area contributed by atoms with Gasteiger partial charge in [0.25, 0.3) is 0 Å². The minimum absolute atomic E-state index is 0. The Kier molecular flexibility index (Phi) is 10.2. The van der Waals surface area contributed by atoms with Gasteiger partial charge in [-0.15, -0.1) is 35.3 Å². The molecule has 0 amide bonds. The van der Waals surface area contributed by atoms with Crippen LogP contribution in [0.5, 0.6) is 0 Å². The summed E-state index contributed by atoms with van der Waals surface area (Å²) in [5.41, 5.74) is 1.27. The van der Waals surface area contributed by atoms with Gasteiger partial charge in [-0.3, -0.25) is 4.99 Å². The molecule has 0 aliphatic rings. The number of esters is 1. The van der Waals surface area contributed by atoms with Crippen molar-refractivity contribution in [3.63, 3.8) is 0 Å². The summed E-state index contributed by atoms with van der Waals surface area (Å²) in [5.74, 6) is 0.0102. The lowest BCUT2D eigenvalue weighted by atomic mass is 9.84. The maximum atomic E-state index is 13.6. The van der Waals surface area contributed by atoms with Gasteiger partial charge in [0.1, 0.15) is 15.7 Å². The zero-order valence-electron chi connectivity index (χ0n) is 18.2. The number of aromatic nitrogens is 1. The van der Waals surface area contributed by atoms with E-state index in [2.05, 4.69) is 20.6 Å². The van der Waals surface area contributed by atoms with Crippen LogP contribution < -0.4 is 10.6 Å². The summed E-state index contributed by atoms with van der Waals surface area (Å²) in [6.07, 6.45) is 0. The summed E-state index contributed by atoms with van der Waals surface area (Å²) >= 11 is 1.32. The quantitative estimate of drug-likeness (QED) is 0.229. The van der Waals surface area contributed by atoms with E-state index in [4.69, 9.17) is 4.74 Å². The average molecular weight is 548 g/mol. The Bertz CT molecular complexity index is 886. The number of hydrogen-bond donors (Lipinski definition) is 2. The molecule has 6 nitrogen and oxygen atoms in total. The molecule has 2 aromatic rings. The van der Waals surface area contributed by atoms with Crippen LogP contribution in [0.25, 0.3) is 0 Å². The fourth-order valence-corrected chi connectivity index (χ4v) is 3.73. The van der Waals surface area contributed by atoms with Crippen LogP contribution in [0.15, 0.2) is 29.3 Å². The molecular weight excluding hydrogens is 518 g/mol. The molecule has 30 heavy (non-hydrogen) atoms. The SMILES string of the molecule is CCOC(=O)c1sc(C(C)NC(=NC)NCC(C)(C)c2cccc(F)c2)nc1C.I. The van der Waals surface area contributed by atoms with E-state index in [0.717, 1.165) is 10.6 Å². The van der Waals surface area contributed by atoms with Gasteiger partial charge in [0.05, 0.1) is 18.3 Å². The molecule has 2 rings (SSSR count). The summed E-state index contributed by atoms with van der Waals surface area (Å²) in [7, 11) is 1.69. The van der Waals surface area contributed by atoms with E-state index in [1.54, 1.807) is 33.0 Å². The fourth-order valence-electron chi connectivity index (χ4n) is 2.77. The van der Waals surface area contributed by atoms with E-state index in [0.29, 0.717) is 29.7 Å². The van der Waals surface area contributed by atoms with Gasteiger partial charge in [0, 0.05) is 19.0 Å². The second-order valence-electron chi connectivity index (χ2n) is 7.37. The van der Waals surface area contributed by atoms with Crippen molar-refractivity contribution in [3.05, 3.63) is 51.2 Å². The molecule has 1 unspecified atom stereocenters. The predicted molar refractivity (Wildman–Crippen MR) is 131 cm³/mol. The predicted octanol–water partition coefficient (Wildman–Crippen LogP) is 4.59. The Morgan fingerprint density at radius 2 is 2.10 bits per heavy atom. The van der Waals surface area contributed by atoms with Gasteiger partial charge in [0.2, 0.25) is 0 Å². The number of rotatable bonds is 7. The number of ether oxygens (including phenoxy) is 1. The van der Waals surface area contributed by atoms with Crippen LogP contribution in [-0.4, -0.2) is 37.1 Å². The first-order chi connectivity index (χ1) is 13.7. The Morgan fingerprint density at radius 1 is 1.40 bits per heavy atom. The summed E-state index contributed by atoms with van der Waals surface area (Å²) in [5, 5.41) is 7.36. The maximum Gasteiger partial charge on any atom is 0.350 e. The third kappa shape index (κ3) is 6.90. The zero-order chi connectivity index (χ0) is 21.6. The number of carbonyl (C=O) groups excluding carboxylic acids is 1. The molecular formula is C21H30FIN4O2S. The molecule has 0 spiro atoms. The Hall–Kier alpha value is -1.75. The number of carbonyl (C=O) groups is 1. The van der Waals surface area contributed by atoms with Crippen molar-refractivity contribution in [2.75, 3.05) is 20.2 Å². The Labute approximate surface area is 198 Å². The van der Waals surface area contributed by atoms with E-state index in [1.807, 2.05) is 26.8 Å². The van der Waals surface area contributed by atoms with Crippen molar-refractivity contribution in [2.45, 2.75) is 46.1 Å². The molecule has 166 valence electrons. The molecule has 0 aliphatic carbocycles. The number of guanidine groups is 1. The number of aliphatic imine (C=N–C) groups is 1. The summed E-state index contributed by atoms with van der Waals surface area (Å²) in [6, 6.07) is 6.48. The van der Waals surface area contributed by atoms with Crippen molar-refractivity contribution < 1.29 is 13.9 Å². The maximum absolute atomic E-state index is 13.6. The molecule has 1 heterocycles. The van der Waals surface area contributed by atoms with E-state index in [9.17, 15) is 9.18 Å². The molecule has 0 aliphatic heterocycles. The lowest BCUT2D eigenvalue weighted by Crippen LogP contribution is -2.44. The lowest BCUT2D eigenvalue weighted by molar-refractivity contribution is 0.0531. The highest BCUT2D eigenvalue weighted by atomic mass is 127. The number of hydrogen-bond acceptors (Lipinski definition) is 5. The number of thiazole rings is 1. The molecule has 9 heteroatoms. The third-order valence-corrected chi connectivity index (χ3v) is 5.85. The number of aryl methyl sites for hydroxylation is 1. The first kappa shape index (κ1) is 26.3. The van der Waals surface area contributed by atoms with Gasteiger partial charge in [-0.05, 0) is 38.5 Å². The molecule has 0 fully saturated rings. The van der Waals surface area contributed by atoms with Gasteiger partial charge in [0.15, 0.2) is 5.96 Å². The average Bonchev–Trinajstić information content (AvgIpc) is 3.07. The highest BCUT2D eigenvalue weighted by Gasteiger charge is 2.23. The van der Waals surface area contributed by atoms with E-state index in [-0.39, 0.29) is 47.2 Å². The van der Waals surface area contributed by atoms with Gasteiger partial charge in [-0.25, -0.2) is 14.2 Å². The minimum Gasteiger partial charge on any atom is -0.462 e. The molecule has 0 radical (unpaired) electrons. The van der Waals surface area contributed by atoms with Crippen LogP contribution in [0.2, 0.25) is 0 Å². The van der Waals surface area contributed by atoms with E-state index < -0.39 is 0 Å². The number of nitrogens with one attached hydrogen (secondary N) is 2. The second kappa shape index (κ2) is 11.6. The standard InChI is InChI=1S/C21H29FN4O2S.HI/c1-7-28-19(27)17-13(2)25-18(29-17)14(3)26-20(23-6)24-12-21(4,5)15-9-8-10-16(22)11-15;/h8-11,14H,7,12H2,1-6H3,(H2,23,24,26);1H. The molecule has 2 N–H and O–H groups in total. The first-order valence-corrected chi connectivity index (χ1v) is 10.4. The van der Waals surface area contributed by atoms with E-state index >= 15 is 0 Å². The zero-order valence-corrected chi connectivity index (χ0v) is 21.4. The van der Waals surface area contributed by atoms with Crippen LogP contribution in [0, 0.1) is 12.7 Å². The topological polar surface area (TPSA) is 75.6 Å². The molecule has 0 saturated heterocycles. The number of halogens is 2. The highest BCUT2D eigenvalue weighted by molar-refractivity contribution is 14.0. The van der Waals surface area contributed by atoms with E-state index in [1.165, 1.54) is 17.4 Å². The second-order valence-corrected chi connectivity index (χ2v) is 8.40. The summed E-state index contributed by atoms with van der Waals surface area (Å²) < 4.78 is 18.6. The van der Waals surface area contributed by atoms with Crippen molar-refractivity contribution in [3.8, 4) is 0 Å². The molecule has 1 aromatic carbocycles. The molecule has 0 bridgehead atoms. The van der Waals surface area contributed by atoms with Crippen molar-refractivity contribution >= 4 is 47.2 Å². The minimum atomic E-state index is -0.347. The number of benzene rings is 1. The normalized spacial score (nSPS) is 12.7. The van der Waals surface area contributed by atoms with Gasteiger partial charge in [-0.1, -0.05) is 26.0 Å². The monoisotopic (exact) mass is 548 g/mol. The van der Waals surface area contributed by atoms with Crippen LogP contribution in [-0.2, 0) is 10.2 Å². The van der Waals surface area contributed by atoms with Gasteiger partial charge >= 0.3 is 5.97 Å². The van der Waals surface area contributed by atoms with Crippen LogP contribution in [0.1, 0.15) is 59.7 Å². The fraction of sp³-hybridized carbons (Fsp3) is 0.476. The van der Waals surface area contributed by atoms with Crippen LogP contribution in [0.3, 0.4) is 0 Å². The largest absolute Gasteiger partial charge is 0.462 e. The Morgan fingerprint density at radius 3 is 2.70 bits per heavy atom. The van der Waals surface area contributed by atoms with Crippen molar-refractivity contribution in [1.82, 2.24) is 15.6 Å². The Balaban J connectivity index is 0.00000450. The third-order valence-electron chi connectivity index (χ3n) is 4.53.